The molecule has 2 fully saturated rings. The Morgan fingerprint density at radius 1 is 1.38 bits per heavy atom. The van der Waals surface area contributed by atoms with Crippen LogP contribution in [0.4, 0.5) is 0 Å². The molecule has 0 bridgehead atoms. The van der Waals surface area contributed by atoms with Gasteiger partial charge in [-0.3, -0.25) is 13.8 Å². The average molecular weight is 306 g/mol. The third-order valence-corrected chi connectivity index (χ3v) is 6.99. The number of benzene rings is 1. The number of β-lactam (4-membered cyclic amide) rings is 1. The van der Waals surface area contributed by atoms with Gasteiger partial charge in [-0.25, -0.2) is 0 Å². The van der Waals surface area contributed by atoms with Crippen LogP contribution in [0.3, 0.4) is 0 Å². The van der Waals surface area contributed by atoms with Crippen molar-refractivity contribution < 1.29 is 13.8 Å². The van der Waals surface area contributed by atoms with Gasteiger partial charge in [0.05, 0.1) is 22.0 Å². The maximum absolute atomic E-state index is 12.7. The summed E-state index contributed by atoms with van der Waals surface area (Å²) in [6.07, 6.45) is 0.532. The van der Waals surface area contributed by atoms with E-state index in [2.05, 4.69) is 0 Å². The number of nitrogens with zero attached hydrogens (tertiary/aromatic N) is 1. The van der Waals surface area contributed by atoms with Gasteiger partial charge in [-0.15, -0.1) is 0 Å². The first-order valence-electron chi connectivity index (χ1n) is 6.89. The number of rotatable bonds is 3. The van der Waals surface area contributed by atoms with Gasteiger partial charge in [0.25, 0.3) is 0 Å². The lowest BCUT2D eigenvalue weighted by atomic mass is 9.76. The molecule has 3 atom stereocenters. The molecule has 1 aromatic rings. The van der Waals surface area contributed by atoms with Gasteiger partial charge < -0.3 is 10.6 Å². The fourth-order valence-electron chi connectivity index (χ4n) is 3.51. The minimum atomic E-state index is -1.30. The molecule has 5 nitrogen and oxygen atoms in total. The number of carbonyl (C=O) groups excluding carboxylic acids is 2. The van der Waals surface area contributed by atoms with Crippen molar-refractivity contribution >= 4 is 22.6 Å². The zero-order chi connectivity index (χ0) is 15.4. The van der Waals surface area contributed by atoms with Gasteiger partial charge in [-0.1, -0.05) is 30.3 Å². The van der Waals surface area contributed by atoms with E-state index in [0.717, 1.165) is 5.56 Å². The molecule has 3 rings (SSSR count). The highest BCUT2D eigenvalue weighted by Crippen LogP contribution is 2.51. The van der Waals surface area contributed by atoms with E-state index >= 15 is 0 Å². The summed E-state index contributed by atoms with van der Waals surface area (Å²) in [5, 5.41) is -0.385. The molecule has 0 radical (unpaired) electrons. The van der Waals surface area contributed by atoms with Gasteiger partial charge in [0.15, 0.2) is 0 Å². The van der Waals surface area contributed by atoms with E-state index in [1.165, 1.54) is 4.90 Å². The second kappa shape index (κ2) is 4.40. The lowest BCUT2D eigenvalue weighted by molar-refractivity contribution is -0.157. The van der Waals surface area contributed by atoms with Crippen LogP contribution >= 0.6 is 0 Å². The molecule has 2 saturated heterocycles. The summed E-state index contributed by atoms with van der Waals surface area (Å²) in [5.74, 6) is -0.728. The summed E-state index contributed by atoms with van der Waals surface area (Å²) < 4.78 is 11.8. The Labute approximate surface area is 126 Å². The van der Waals surface area contributed by atoms with Gasteiger partial charge in [0, 0.05) is 6.42 Å². The van der Waals surface area contributed by atoms with E-state index in [4.69, 9.17) is 5.73 Å². The first-order valence-corrected chi connectivity index (χ1v) is 8.10. The molecular weight excluding hydrogens is 288 g/mol. The van der Waals surface area contributed by atoms with Crippen molar-refractivity contribution in [1.29, 1.82) is 0 Å². The van der Waals surface area contributed by atoms with Crippen LogP contribution in [0.25, 0.3) is 0 Å². The third kappa shape index (κ3) is 1.65. The number of amides is 2. The van der Waals surface area contributed by atoms with Crippen molar-refractivity contribution in [3.8, 4) is 0 Å². The van der Waals surface area contributed by atoms with Crippen molar-refractivity contribution in [2.24, 2.45) is 5.73 Å². The summed E-state index contributed by atoms with van der Waals surface area (Å²) in [6, 6.07) is 9.41. The predicted molar refractivity (Wildman–Crippen MR) is 79.5 cm³/mol. The molecule has 0 saturated carbocycles. The van der Waals surface area contributed by atoms with E-state index in [1.807, 2.05) is 30.3 Å². The second-order valence-corrected chi connectivity index (χ2v) is 8.28. The number of primary amides is 1. The minimum Gasteiger partial charge on any atom is -0.368 e. The molecule has 112 valence electrons. The lowest BCUT2D eigenvalue weighted by Crippen LogP contribution is -2.69. The van der Waals surface area contributed by atoms with E-state index < -0.39 is 27.0 Å². The molecule has 1 aromatic carbocycles. The van der Waals surface area contributed by atoms with Crippen LogP contribution in [0.2, 0.25) is 0 Å². The molecule has 21 heavy (non-hydrogen) atoms. The Morgan fingerprint density at radius 2 is 2.00 bits per heavy atom. The molecule has 0 unspecified atom stereocenters. The van der Waals surface area contributed by atoms with E-state index in [1.54, 1.807) is 13.8 Å². The van der Waals surface area contributed by atoms with Crippen molar-refractivity contribution in [1.82, 2.24) is 4.90 Å². The van der Waals surface area contributed by atoms with E-state index in [9.17, 15) is 13.8 Å². The lowest BCUT2D eigenvalue weighted by Gasteiger charge is -2.46. The topological polar surface area (TPSA) is 80.5 Å². The number of hydrogen-bond donors (Lipinski definition) is 1. The van der Waals surface area contributed by atoms with Crippen LogP contribution < -0.4 is 5.73 Å². The summed E-state index contributed by atoms with van der Waals surface area (Å²) in [5.41, 5.74) is 5.38. The van der Waals surface area contributed by atoms with E-state index in [0.29, 0.717) is 6.42 Å². The SMILES string of the molecule is CC1(C)[S@@](=O)[C@@H]2CC(=O)N2[C@@]1(Cc1ccccc1)C(N)=O. The maximum atomic E-state index is 12.7. The summed E-state index contributed by atoms with van der Waals surface area (Å²) >= 11 is 0. The molecule has 2 aliphatic heterocycles. The van der Waals surface area contributed by atoms with Crippen molar-refractivity contribution in [3.05, 3.63) is 35.9 Å². The van der Waals surface area contributed by atoms with Gasteiger partial charge in [-0.2, -0.15) is 0 Å². The largest absolute Gasteiger partial charge is 0.368 e. The smallest absolute Gasteiger partial charge is 0.245 e. The van der Waals surface area contributed by atoms with Crippen molar-refractivity contribution in [2.45, 2.75) is 42.3 Å². The average Bonchev–Trinajstić information content (AvgIpc) is 2.55. The third-order valence-electron chi connectivity index (χ3n) is 4.77. The highest BCUT2D eigenvalue weighted by molar-refractivity contribution is 7.87. The maximum Gasteiger partial charge on any atom is 0.245 e. The first kappa shape index (κ1) is 14.3. The van der Waals surface area contributed by atoms with Gasteiger partial charge in [-0.05, 0) is 19.4 Å². The van der Waals surface area contributed by atoms with Crippen molar-refractivity contribution in [2.75, 3.05) is 0 Å². The molecule has 6 heteroatoms. The summed E-state index contributed by atoms with van der Waals surface area (Å²) in [7, 11) is -1.30. The molecular formula is C15H18N2O3S. The highest BCUT2D eigenvalue weighted by Gasteiger charge is 2.71. The zero-order valence-electron chi connectivity index (χ0n) is 12.0. The highest BCUT2D eigenvalue weighted by atomic mass is 32.2. The molecule has 0 aliphatic carbocycles. The van der Waals surface area contributed by atoms with Crippen LogP contribution in [0, 0.1) is 0 Å². The Kier molecular flexibility index (Phi) is 2.99. The van der Waals surface area contributed by atoms with Crippen molar-refractivity contribution in [3.63, 3.8) is 0 Å². The molecule has 0 spiro atoms. The number of hydrogen-bond acceptors (Lipinski definition) is 3. The fraction of sp³-hybridized carbons (Fsp3) is 0.467. The van der Waals surface area contributed by atoms with Gasteiger partial charge in [0.1, 0.15) is 10.9 Å². The van der Waals surface area contributed by atoms with Crippen LogP contribution in [-0.4, -0.2) is 36.6 Å². The first-order chi connectivity index (χ1) is 9.82. The Balaban J connectivity index is 2.13. The van der Waals surface area contributed by atoms with Crippen LogP contribution in [0.5, 0.6) is 0 Å². The second-order valence-electron chi connectivity index (χ2n) is 6.12. The molecule has 2 N–H and O–H groups in total. The number of nitrogens with two attached hydrogens (primary N) is 1. The van der Waals surface area contributed by atoms with Crippen LogP contribution in [0.1, 0.15) is 25.8 Å². The van der Waals surface area contributed by atoms with Gasteiger partial charge in [0.2, 0.25) is 11.8 Å². The monoisotopic (exact) mass is 306 g/mol. The Morgan fingerprint density at radius 3 is 2.52 bits per heavy atom. The molecule has 2 aliphatic rings. The minimum absolute atomic E-state index is 0.145. The van der Waals surface area contributed by atoms with Crippen LogP contribution in [-0.2, 0) is 26.8 Å². The standard InChI is InChI=1S/C15H18N2O3S/c1-14(2)15(13(16)19,9-10-6-4-3-5-7-10)17-11(18)8-12(17)21(14)20/h3-7,12H,8-9H2,1-2H3,(H2,16,19)/t12-,15+,21+/m1/s1. The number of carbonyl (C=O) groups is 2. The molecule has 0 aromatic heterocycles. The van der Waals surface area contributed by atoms with E-state index in [-0.39, 0.29) is 17.7 Å². The summed E-state index contributed by atoms with van der Waals surface area (Å²) in [4.78, 5) is 25.8. The normalized spacial score (nSPS) is 33.4. The van der Waals surface area contributed by atoms with Gasteiger partial charge >= 0.3 is 0 Å². The predicted octanol–water partition coefficient (Wildman–Crippen LogP) is 0.552. The zero-order valence-corrected chi connectivity index (χ0v) is 12.9. The molecule has 2 amide bonds. The Hall–Kier alpha value is -1.69. The van der Waals surface area contributed by atoms with Crippen LogP contribution in [0.15, 0.2) is 30.3 Å². The quantitative estimate of drug-likeness (QED) is 0.828. The molecule has 2 heterocycles. The fourth-order valence-corrected chi connectivity index (χ4v) is 5.57. The Bertz CT molecular complexity index is 644. The number of fused-ring (bicyclic) bond motifs is 1. The summed E-state index contributed by atoms with van der Waals surface area (Å²) in [6.45, 7) is 3.53.